The van der Waals surface area contributed by atoms with Crippen molar-refractivity contribution in [2.45, 2.75) is 45.1 Å². The molecule has 1 fully saturated rings. The molecule has 1 saturated carbocycles. The maximum absolute atomic E-state index is 5.97. The summed E-state index contributed by atoms with van der Waals surface area (Å²) in [7, 11) is 0. The molecule has 0 heterocycles. The lowest BCUT2D eigenvalue weighted by molar-refractivity contribution is 0.222. The molecule has 1 aliphatic rings. The van der Waals surface area contributed by atoms with Crippen molar-refractivity contribution < 1.29 is 4.74 Å². The second kappa shape index (κ2) is 6.06. The van der Waals surface area contributed by atoms with Gasteiger partial charge in [0, 0.05) is 6.04 Å². The Labute approximate surface area is 104 Å². The van der Waals surface area contributed by atoms with Gasteiger partial charge in [0.2, 0.25) is 0 Å². The summed E-state index contributed by atoms with van der Waals surface area (Å²) in [5, 5.41) is 0. The van der Waals surface area contributed by atoms with Crippen LogP contribution in [0.15, 0.2) is 24.3 Å². The second-order valence-electron chi connectivity index (χ2n) is 5.02. The van der Waals surface area contributed by atoms with E-state index in [0.29, 0.717) is 0 Å². The van der Waals surface area contributed by atoms with Gasteiger partial charge in [0.1, 0.15) is 5.75 Å². The van der Waals surface area contributed by atoms with E-state index in [1.165, 1.54) is 31.2 Å². The van der Waals surface area contributed by atoms with Gasteiger partial charge in [0.15, 0.2) is 0 Å². The predicted octanol–water partition coefficient (Wildman–Crippen LogP) is 3.67. The molecule has 94 valence electrons. The minimum absolute atomic E-state index is 0.152. The molecule has 17 heavy (non-hydrogen) atoms. The first-order valence-corrected chi connectivity index (χ1v) is 6.78. The lowest BCUT2D eigenvalue weighted by atomic mass is 9.83. The summed E-state index contributed by atoms with van der Waals surface area (Å²) >= 11 is 0. The topological polar surface area (TPSA) is 35.2 Å². The van der Waals surface area contributed by atoms with Gasteiger partial charge in [0.25, 0.3) is 0 Å². The van der Waals surface area contributed by atoms with Crippen molar-refractivity contribution >= 4 is 0 Å². The summed E-state index contributed by atoms with van der Waals surface area (Å²) in [6.45, 7) is 2.96. The number of benzene rings is 1. The molecule has 0 bridgehead atoms. The smallest absolute Gasteiger partial charge is 0.119 e. The Morgan fingerprint density at radius 1 is 1.29 bits per heavy atom. The average molecular weight is 233 g/mol. The van der Waals surface area contributed by atoms with Gasteiger partial charge in [-0.2, -0.15) is 0 Å². The molecular weight excluding hydrogens is 210 g/mol. The second-order valence-corrected chi connectivity index (χ2v) is 5.02. The molecule has 1 aromatic carbocycles. The monoisotopic (exact) mass is 233 g/mol. The average Bonchev–Trinajstić information content (AvgIpc) is 2.32. The summed E-state index contributed by atoms with van der Waals surface area (Å²) in [6.07, 6.45) is 6.38. The SMILES string of the molecule is CCC(N)c1ccc(OCCC2CCC2)cc1. The van der Waals surface area contributed by atoms with Crippen LogP contribution in [0.1, 0.15) is 50.6 Å². The van der Waals surface area contributed by atoms with E-state index >= 15 is 0 Å². The van der Waals surface area contributed by atoms with E-state index < -0.39 is 0 Å². The van der Waals surface area contributed by atoms with Crippen LogP contribution in [-0.2, 0) is 0 Å². The zero-order chi connectivity index (χ0) is 12.1. The van der Waals surface area contributed by atoms with Gasteiger partial charge in [0.05, 0.1) is 6.61 Å². The summed E-state index contributed by atoms with van der Waals surface area (Å²) in [5.74, 6) is 1.89. The van der Waals surface area contributed by atoms with Crippen molar-refractivity contribution in [2.75, 3.05) is 6.61 Å². The van der Waals surface area contributed by atoms with Crippen molar-refractivity contribution in [1.29, 1.82) is 0 Å². The van der Waals surface area contributed by atoms with E-state index in [1.807, 2.05) is 12.1 Å². The fraction of sp³-hybridized carbons (Fsp3) is 0.600. The molecule has 0 amide bonds. The lowest BCUT2D eigenvalue weighted by Crippen LogP contribution is -2.14. The van der Waals surface area contributed by atoms with Crippen molar-refractivity contribution in [3.05, 3.63) is 29.8 Å². The highest BCUT2D eigenvalue weighted by Gasteiger charge is 2.16. The van der Waals surface area contributed by atoms with Gasteiger partial charge >= 0.3 is 0 Å². The van der Waals surface area contributed by atoms with Crippen LogP contribution in [-0.4, -0.2) is 6.61 Å². The number of ether oxygens (including phenoxy) is 1. The van der Waals surface area contributed by atoms with Crippen LogP contribution in [0.25, 0.3) is 0 Å². The van der Waals surface area contributed by atoms with Crippen LogP contribution < -0.4 is 10.5 Å². The normalized spacial score (nSPS) is 17.5. The van der Waals surface area contributed by atoms with Crippen LogP contribution >= 0.6 is 0 Å². The van der Waals surface area contributed by atoms with Crippen LogP contribution in [0.5, 0.6) is 5.75 Å². The fourth-order valence-corrected chi connectivity index (χ4v) is 2.17. The molecule has 1 aliphatic carbocycles. The third-order valence-corrected chi connectivity index (χ3v) is 3.77. The van der Waals surface area contributed by atoms with Gasteiger partial charge in [-0.1, -0.05) is 38.3 Å². The van der Waals surface area contributed by atoms with Crippen molar-refractivity contribution in [3.63, 3.8) is 0 Å². The number of rotatable bonds is 6. The van der Waals surface area contributed by atoms with Crippen LogP contribution in [0.3, 0.4) is 0 Å². The summed E-state index contributed by atoms with van der Waals surface area (Å²) in [6, 6.07) is 8.37. The molecule has 0 radical (unpaired) electrons. The van der Waals surface area contributed by atoms with Gasteiger partial charge in [-0.05, 0) is 36.5 Å². The molecule has 0 spiro atoms. The van der Waals surface area contributed by atoms with E-state index in [4.69, 9.17) is 10.5 Å². The molecule has 2 rings (SSSR count). The minimum atomic E-state index is 0.152. The van der Waals surface area contributed by atoms with Crippen LogP contribution in [0.4, 0.5) is 0 Å². The maximum atomic E-state index is 5.97. The third-order valence-electron chi connectivity index (χ3n) is 3.77. The largest absolute Gasteiger partial charge is 0.494 e. The molecule has 2 heteroatoms. The molecule has 2 nitrogen and oxygen atoms in total. The molecule has 1 unspecified atom stereocenters. The molecule has 0 saturated heterocycles. The summed E-state index contributed by atoms with van der Waals surface area (Å²) < 4.78 is 5.74. The Hall–Kier alpha value is -1.02. The van der Waals surface area contributed by atoms with E-state index in [-0.39, 0.29) is 6.04 Å². The molecule has 1 aromatic rings. The molecule has 1 atom stereocenters. The highest BCUT2D eigenvalue weighted by molar-refractivity contribution is 5.28. The summed E-state index contributed by atoms with van der Waals surface area (Å²) in [4.78, 5) is 0. The van der Waals surface area contributed by atoms with Gasteiger partial charge < -0.3 is 10.5 Å². The first kappa shape index (κ1) is 12.4. The van der Waals surface area contributed by atoms with Crippen molar-refractivity contribution in [2.24, 2.45) is 11.7 Å². The van der Waals surface area contributed by atoms with Crippen LogP contribution in [0.2, 0.25) is 0 Å². The standard InChI is InChI=1S/C15H23NO/c1-2-15(16)13-6-8-14(9-7-13)17-11-10-12-4-3-5-12/h6-9,12,15H,2-5,10-11,16H2,1H3. The zero-order valence-electron chi connectivity index (χ0n) is 10.7. The first-order chi connectivity index (χ1) is 8.29. The Bertz CT molecular complexity index is 329. The van der Waals surface area contributed by atoms with Crippen molar-refractivity contribution in [3.8, 4) is 5.75 Å². The molecule has 2 N–H and O–H groups in total. The highest BCUT2D eigenvalue weighted by Crippen LogP contribution is 2.29. The van der Waals surface area contributed by atoms with Gasteiger partial charge in [-0.15, -0.1) is 0 Å². The van der Waals surface area contributed by atoms with Crippen molar-refractivity contribution in [1.82, 2.24) is 0 Å². The first-order valence-electron chi connectivity index (χ1n) is 6.78. The molecule has 0 aromatic heterocycles. The van der Waals surface area contributed by atoms with Gasteiger partial charge in [-0.25, -0.2) is 0 Å². The lowest BCUT2D eigenvalue weighted by Gasteiger charge is -2.25. The maximum Gasteiger partial charge on any atom is 0.119 e. The third kappa shape index (κ3) is 3.47. The Balaban J connectivity index is 1.76. The Morgan fingerprint density at radius 3 is 2.53 bits per heavy atom. The zero-order valence-corrected chi connectivity index (χ0v) is 10.7. The van der Waals surface area contributed by atoms with Gasteiger partial charge in [-0.3, -0.25) is 0 Å². The Morgan fingerprint density at radius 2 is 2.00 bits per heavy atom. The van der Waals surface area contributed by atoms with Crippen LogP contribution in [0, 0.1) is 5.92 Å². The number of nitrogens with two attached hydrogens (primary N) is 1. The minimum Gasteiger partial charge on any atom is -0.494 e. The van der Waals surface area contributed by atoms with E-state index in [0.717, 1.165) is 24.7 Å². The van der Waals surface area contributed by atoms with E-state index in [2.05, 4.69) is 19.1 Å². The number of hydrogen-bond donors (Lipinski definition) is 1. The molecule has 0 aliphatic heterocycles. The highest BCUT2D eigenvalue weighted by atomic mass is 16.5. The molecular formula is C15H23NO. The Kier molecular flexibility index (Phi) is 4.43. The van der Waals surface area contributed by atoms with E-state index in [1.54, 1.807) is 0 Å². The quantitative estimate of drug-likeness (QED) is 0.813. The fourth-order valence-electron chi connectivity index (χ4n) is 2.17. The predicted molar refractivity (Wildman–Crippen MR) is 71.1 cm³/mol. The number of hydrogen-bond acceptors (Lipinski definition) is 2. The summed E-state index contributed by atoms with van der Waals surface area (Å²) in [5.41, 5.74) is 7.16. The van der Waals surface area contributed by atoms with E-state index in [9.17, 15) is 0 Å².